The van der Waals surface area contributed by atoms with E-state index in [0.29, 0.717) is 29.7 Å². The molecule has 0 radical (unpaired) electrons. The maximum atomic E-state index is 11.6. The Kier molecular flexibility index (Phi) is 7.40. The molecule has 1 aromatic carbocycles. The number of piperidine rings is 1. The SMILES string of the molecule is COc1ccc2ncc(Cl)c(CCN3CC[C@@H](NCc4ccc5c(n4)NC(=O)CS5)[C@@H](O)C3)c2c1. The van der Waals surface area contributed by atoms with Gasteiger partial charge in [-0.05, 0) is 55.3 Å². The fourth-order valence-corrected chi connectivity index (χ4v) is 5.63. The van der Waals surface area contributed by atoms with Crippen molar-refractivity contribution in [2.75, 3.05) is 37.8 Å². The molecule has 0 unspecified atom stereocenters. The molecule has 2 atom stereocenters. The van der Waals surface area contributed by atoms with Crippen LogP contribution in [0, 0.1) is 0 Å². The van der Waals surface area contributed by atoms with E-state index < -0.39 is 6.10 Å². The number of aromatic nitrogens is 2. The van der Waals surface area contributed by atoms with E-state index >= 15 is 0 Å². The Hall–Kier alpha value is -2.43. The molecule has 2 aromatic heterocycles. The van der Waals surface area contributed by atoms with Crippen molar-refractivity contribution in [2.45, 2.75) is 36.4 Å². The van der Waals surface area contributed by atoms with Gasteiger partial charge in [0, 0.05) is 37.3 Å². The zero-order valence-electron chi connectivity index (χ0n) is 19.5. The number of benzene rings is 1. The Labute approximate surface area is 213 Å². The second-order valence-electron chi connectivity index (χ2n) is 8.85. The van der Waals surface area contributed by atoms with Crippen LogP contribution < -0.4 is 15.4 Å². The van der Waals surface area contributed by atoms with E-state index in [2.05, 4.69) is 25.5 Å². The molecule has 4 heterocycles. The lowest BCUT2D eigenvalue weighted by molar-refractivity contribution is -0.113. The van der Waals surface area contributed by atoms with Crippen LogP contribution in [0.4, 0.5) is 5.82 Å². The maximum absolute atomic E-state index is 11.6. The number of anilines is 1. The third-order valence-electron chi connectivity index (χ3n) is 6.56. The van der Waals surface area contributed by atoms with Gasteiger partial charge in [-0.3, -0.25) is 9.78 Å². The first-order chi connectivity index (χ1) is 17.0. The number of hydrogen-bond acceptors (Lipinski definition) is 8. The fourth-order valence-electron chi connectivity index (χ4n) is 4.63. The lowest BCUT2D eigenvalue weighted by atomic mass is 10.00. The van der Waals surface area contributed by atoms with Gasteiger partial charge in [-0.2, -0.15) is 0 Å². The van der Waals surface area contributed by atoms with Gasteiger partial charge in [0.05, 0.1) is 40.1 Å². The van der Waals surface area contributed by atoms with Crippen molar-refractivity contribution >= 4 is 46.0 Å². The van der Waals surface area contributed by atoms with Crippen LogP contribution in [-0.4, -0.2) is 70.5 Å². The number of pyridine rings is 2. The zero-order chi connectivity index (χ0) is 24.4. The summed E-state index contributed by atoms with van der Waals surface area (Å²) in [5.74, 6) is 1.80. The molecule has 2 aliphatic heterocycles. The van der Waals surface area contributed by atoms with Crippen molar-refractivity contribution < 1.29 is 14.6 Å². The third-order valence-corrected chi connectivity index (χ3v) is 7.93. The lowest BCUT2D eigenvalue weighted by Crippen LogP contribution is -2.52. The van der Waals surface area contributed by atoms with E-state index in [1.807, 2.05) is 30.3 Å². The van der Waals surface area contributed by atoms with Gasteiger partial charge in [0.25, 0.3) is 0 Å². The van der Waals surface area contributed by atoms with Gasteiger partial charge >= 0.3 is 0 Å². The van der Waals surface area contributed by atoms with Gasteiger partial charge < -0.3 is 25.4 Å². The van der Waals surface area contributed by atoms with Crippen LogP contribution in [-0.2, 0) is 17.8 Å². The summed E-state index contributed by atoms with van der Waals surface area (Å²) >= 11 is 8.01. The van der Waals surface area contributed by atoms with Gasteiger partial charge in [0.15, 0.2) is 0 Å². The number of ether oxygens (including phenoxy) is 1. The normalized spacial score (nSPS) is 20.5. The van der Waals surface area contributed by atoms with Gasteiger partial charge in [-0.25, -0.2) is 4.98 Å². The Balaban J connectivity index is 1.16. The highest BCUT2D eigenvalue weighted by atomic mass is 35.5. The predicted octanol–water partition coefficient (Wildman–Crippen LogP) is 3.10. The molecule has 5 rings (SSSR count). The van der Waals surface area contributed by atoms with Crippen LogP contribution in [0.15, 0.2) is 41.4 Å². The molecule has 2 aliphatic rings. The first kappa shape index (κ1) is 24.3. The number of carbonyl (C=O) groups excluding carboxylic acids is 1. The van der Waals surface area contributed by atoms with Crippen LogP contribution in [0.5, 0.6) is 5.75 Å². The number of halogens is 1. The van der Waals surface area contributed by atoms with Crippen LogP contribution in [0.25, 0.3) is 10.9 Å². The Bertz CT molecular complexity index is 1240. The Morgan fingerprint density at radius 1 is 1.34 bits per heavy atom. The topological polar surface area (TPSA) is 99.6 Å². The van der Waals surface area contributed by atoms with E-state index in [0.717, 1.165) is 58.7 Å². The highest BCUT2D eigenvalue weighted by molar-refractivity contribution is 8.00. The summed E-state index contributed by atoms with van der Waals surface area (Å²) in [5.41, 5.74) is 2.78. The summed E-state index contributed by atoms with van der Waals surface area (Å²) < 4.78 is 5.38. The highest BCUT2D eigenvalue weighted by Crippen LogP contribution is 2.30. The number of aliphatic hydroxyl groups excluding tert-OH is 1. The van der Waals surface area contributed by atoms with Crippen LogP contribution in [0.3, 0.4) is 0 Å². The molecule has 0 saturated carbocycles. The molecule has 0 bridgehead atoms. The van der Waals surface area contributed by atoms with Crippen LogP contribution in [0.1, 0.15) is 17.7 Å². The van der Waals surface area contributed by atoms with Crippen molar-refractivity contribution in [3.8, 4) is 5.75 Å². The summed E-state index contributed by atoms with van der Waals surface area (Å²) in [5, 5.41) is 18.7. The van der Waals surface area contributed by atoms with Crippen molar-refractivity contribution in [3.63, 3.8) is 0 Å². The Morgan fingerprint density at radius 2 is 2.23 bits per heavy atom. The van der Waals surface area contributed by atoms with E-state index in [-0.39, 0.29) is 11.9 Å². The molecule has 8 nitrogen and oxygen atoms in total. The molecule has 35 heavy (non-hydrogen) atoms. The van der Waals surface area contributed by atoms with Crippen LogP contribution in [0.2, 0.25) is 5.02 Å². The predicted molar refractivity (Wildman–Crippen MR) is 138 cm³/mol. The minimum absolute atomic E-state index is 0.0114. The average molecular weight is 514 g/mol. The molecule has 1 saturated heterocycles. The monoisotopic (exact) mass is 513 g/mol. The standard InChI is InChI=1S/C25H28ClN5O3S/c1-34-16-3-4-20-18(10-16)17(19(26)12-28-20)6-8-31-9-7-21(22(32)13-31)27-11-15-2-5-23-25(29-15)30-24(33)14-35-23/h2-5,10,12,21-22,27,32H,6-9,11,13-14H2,1H3,(H,29,30,33)/t21-,22+/m1/s1. The molecular weight excluding hydrogens is 486 g/mol. The number of rotatable bonds is 7. The minimum atomic E-state index is -0.485. The minimum Gasteiger partial charge on any atom is -0.497 e. The molecule has 10 heteroatoms. The molecule has 1 amide bonds. The largest absolute Gasteiger partial charge is 0.497 e. The van der Waals surface area contributed by atoms with E-state index in [1.165, 1.54) is 11.8 Å². The number of likely N-dealkylation sites (tertiary alicyclic amines) is 1. The summed E-state index contributed by atoms with van der Waals surface area (Å²) in [6.07, 6.45) is 2.81. The lowest BCUT2D eigenvalue weighted by Gasteiger charge is -2.36. The average Bonchev–Trinajstić information content (AvgIpc) is 2.87. The van der Waals surface area contributed by atoms with Crippen molar-refractivity contribution in [1.82, 2.24) is 20.2 Å². The van der Waals surface area contributed by atoms with Gasteiger partial charge in [0.1, 0.15) is 11.6 Å². The van der Waals surface area contributed by atoms with Crippen molar-refractivity contribution in [2.24, 2.45) is 0 Å². The maximum Gasteiger partial charge on any atom is 0.235 e. The number of fused-ring (bicyclic) bond motifs is 2. The summed E-state index contributed by atoms with van der Waals surface area (Å²) in [6.45, 7) is 2.80. The molecule has 184 valence electrons. The van der Waals surface area contributed by atoms with Crippen molar-refractivity contribution in [1.29, 1.82) is 0 Å². The van der Waals surface area contributed by atoms with E-state index in [4.69, 9.17) is 16.3 Å². The third kappa shape index (κ3) is 5.54. The zero-order valence-corrected chi connectivity index (χ0v) is 21.0. The summed E-state index contributed by atoms with van der Waals surface area (Å²) in [4.78, 5) is 23.9. The number of nitrogens with zero attached hydrogens (tertiary/aromatic N) is 3. The summed E-state index contributed by atoms with van der Waals surface area (Å²) in [6, 6.07) is 9.77. The molecule has 0 aliphatic carbocycles. The van der Waals surface area contributed by atoms with E-state index in [1.54, 1.807) is 13.3 Å². The molecular formula is C25H28ClN5O3S. The molecule has 3 aromatic rings. The number of thioether (sulfide) groups is 1. The number of amides is 1. The Morgan fingerprint density at radius 3 is 3.06 bits per heavy atom. The summed E-state index contributed by atoms with van der Waals surface area (Å²) in [7, 11) is 1.65. The van der Waals surface area contributed by atoms with Gasteiger partial charge in [0.2, 0.25) is 5.91 Å². The number of aliphatic hydroxyl groups is 1. The number of β-amino-alcohol motifs (C(OH)–C–C–N with tert-alkyl or cyclic N) is 1. The first-order valence-electron chi connectivity index (χ1n) is 11.7. The smallest absolute Gasteiger partial charge is 0.235 e. The molecule has 1 fully saturated rings. The van der Waals surface area contributed by atoms with Crippen molar-refractivity contribution in [3.05, 3.63) is 52.8 Å². The van der Waals surface area contributed by atoms with Crippen LogP contribution >= 0.6 is 23.4 Å². The number of methoxy groups -OCH3 is 1. The quantitative estimate of drug-likeness (QED) is 0.443. The highest BCUT2D eigenvalue weighted by Gasteiger charge is 2.27. The molecule has 0 spiro atoms. The molecule has 3 N–H and O–H groups in total. The fraction of sp³-hybridized carbons (Fsp3) is 0.400. The number of hydrogen-bond donors (Lipinski definition) is 3. The van der Waals surface area contributed by atoms with E-state index in [9.17, 15) is 9.90 Å². The first-order valence-corrected chi connectivity index (χ1v) is 13.0. The second-order valence-corrected chi connectivity index (χ2v) is 10.3. The van der Waals surface area contributed by atoms with Gasteiger partial charge in [-0.1, -0.05) is 11.6 Å². The second kappa shape index (κ2) is 10.7. The number of carbonyl (C=O) groups is 1. The van der Waals surface area contributed by atoms with Gasteiger partial charge in [-0.15, -0.1) is 11.8 Å². The number of nitrogens with one attached hydrogen (secondary N) is 2.